The third-order valence-electron chi connectivity index (χ3n) is 5.18. The van der Waals surface area contributed by atoms with Crippen LogP contribution in [0.25, 0.3) is 0 Å². The van der Waals surface area contributed by atoms with E-state index < -0.39 is 6.55 Å². The number of alkyl halides is 2. The minimum absolute atomic E-state index is 0.0687. The van der Waals surface area contributed by atoms with Crippen LogP contribution < -0.4 is 16.5 Å². The van der Waals surface area contributed by atoms with Crippen molar-refractivity contribution in [2.45, 2.75) is 31.9 Å². The molecule has 9 heteroatoms. The zero-order valence-corrected chi connectivity index (χ0v) is 17.1. The van der Waals surface area contributed by atoms with E-state index in [0.717, 1.165) is 35.1 Å². The van der Waals surface area contributed by atoms with Gasteiger partial charge in [-0.15, -0.1) is 0 Å². The summed E-state index contributed by atoms with van der Waals surface area (Å²) in [4.78, 5) is 4.59. The molecule has 0 saturated carbocycles. The molecule has 0 saturated heterocycles. The molecule has 0 bridgehead atoms. The van der Waals surface area contributed by atoms with Crippen LogP contribution in [0, 0.1) is 5.41 Å². The molecule has 1 aliphatic carbocycles. The van der Waals surface area contributed by atoms with E-state index in [4.69, 9.17) is 11.1 Å². The summed E-state index contributed by atoms with van der Waals surface area (Å²) < 4.78 is 26.6. The lowest BCUT2D eigenvalue weighted by atomic mass is 9.91. The van der Waals surface area contributed by atoms with Crippen molar-refractivity contribution in [1.82, 2.24) is 15.4 Å². The van der Waals surface area contributed by atoms with Crippen LogP contribution in [0.5, 0.6) is 0 Å². The summed E-state index contributed by atoms with van der Waals surface area (Å²) in [6.07, 6.45) is 6.07. The topological polar surface area (TPSA) is 90.1 Å². The van der Waals surface area contributed by atoms with Crippen LogP contribution in [0.2, 0.25) is 0 Å². The lowest BCUT2D eigenvalue weighted by molar-refractivity contribution is -0.0170. The number of anilines is 2. The van der Waals surface area contributed by atoms with Crippen molar-refractivity contribution in [3.05, 3.63) is 63.5 Å². The lowest BCUT2D eigenvalue weighted by Crippen LogP contribution is -2.33. The van der Waals surface area contributed by atoms with Crippen molar-refractivity contribution < 1.29 is 8.78 Å². The van der Waals surface area contributed by atoms with Crippen molar-refractivity contribution >= 4 is 33.0 Å². The van der Waals surface area contributed by atoms with Gasteiger partial charge in [-0.05, 0) is 65.0 Å². The number of pyridine rings is 1. The molecule has 2 heterocycles. The Kier molecular flexibility index (Phi) is 5.51. The van der Waals surface area contributed by atoms with E-state index >= 15 is 0 Å². The maximum atomic E-state index is 12.8. The number of benzene rings is 1. The van der Waals surface area contributed by atoms with E-state index in [9.17, 15) is 8.78 Å². The quantitative estimate of drug-likeness (QED) is 0.303. The standard InChI is InChI=1S/C20H21BrF2N6/c21-13-6-11-2-1-3-17(19(11)26-9-13)28-14-4-5-16(24)15(7-14)18(25)12-8-27-29(10-12)20(22)23/h4-7,9-10,17,20,25,27-28H,1-3,8,24H2. The molecule has 152 valence electrons. The van der Waals surface area contributed by atoms with E-state index in [1.807, 2.05) is 6.07 Å². The number of aromatic nitrogens is 1. The first-order valence-electron chi connectivity index (χ1n) is 9.32. The van der Waals surface area contributed by atoms with E-state index in [0.29, 0.717) is 21.8 Å². The zero-order chi connectivity index (χ0) is 20.5. The second-order valence-corrected chi connectivity index (χ2v) is 8.05. The van der Waals surface area contributed by atoms with Gasteiger partial charge in [-0.2, -0.15) is 8.78 Å². The van der Waals surface area contributed by atoms with Crippen molar-refractivity contribution in [1.29, 1.82) is 5.41 Å². The summed E-state index contributed by atoms with van der Waals surface area (Å²) in [5, 5.41) is 12.7. The molecule has 29 heavy (non-hydrogen) atoms. The van der Waals surface area contributed by atoms with Crippen molar-refractivity contribution in [3.63, 3.8) is 0 Å². The van der Waals surface area contributed by atoms with E-state index in [1.54, 1.807) is 18.3 Å². The molecule has 5 N–H and O–H groups in total. The summed E-state index contributed by atoms with van der Waals surface area (Å²) in [5.74, 6) is 0. The second kappa shape index (κ2) is 8.08. The number of hydrogen-bond acceptors (Lipinski definition) is 6. The molecule has 1 atom stereocenters. The Morgan fingerprint density at radius 3 is 2.97 bits per heavy atom. The third kappa shape index (κ3) is 4.11. The van der Waals surface area contributed by atoms with Gasteiger partial charge in [0.05, 0.1) is 17.4 Å². The van der Waals surface area contributed by atoms with E-state index in [-0.39, 0.29) is 18.3 Å². The van der Waals surface area contributed by atoms with Gasteiger partial charge in [0.25, 0.3) is 0 Å². The first-order valence-corrected chi connectivity index (χ1v) is 10.1. The van der Waals surface area contributed by atoms with Crippen LogP contribution in [0.1, 0.15) is 35.7 Å². The normalized spacial score (nSPS) is 18.6. The van der Waals surface area contributed by atoms with Crippen LogP contribution in [0.4, 0.5) is 20.2 Å². The van der Waals surface area contributed by atoms with Crippen molar-refractivity contribution in [2.75, 3.05) is 17.6 Å². The lowest BCUT2D eigenvalue weighted by Gasteiger charge is -2.26. The Morgan fingerprint density at radius 1 is 1.38 bits per heavy atom. The highest BCUT2D eigenvalue weighted by Gasteiger charge is 2.24. The molecule has 0 amide bonds. The minimum Gasteiger partial charge on any atom is -0.398 e. The molecule has 0 spiro atoms. The predicted octanol–water partition coefficient (Wildman–Crippen LogP) is 4.21. The molecule has 1 aliphatic heterocycles. The van der Waals surface area contributed by atoms with Crippen LogP contribution in [-0.4, -0.2) is 28.8 Å². The second-order valence-electron chi connectivity index (χ2n) is 7.14. The molecule has 0 radical (unpaired) electrons. The Balaban J connectivity index is 1.57. The Labute approximate surface area is 175 Å². The molecule has 1 aromatic heterocycles. The number of hydrogen-bond donors (Lipinski definition) is 4. The molecule has 2 aromatic rings. The van der Waals surface area contributed by atoms with Gasteiger partial charge >= 0.3 is 6.55 Å². The van der Waals surface area contributed by atoms with E-state index in [1.165, 1.54) is 11.8 Å². The number of nitrogens with two attached hydrogens (primary N) is 1. The fourth-order valence-electron chi connectivity index (χ4n) is 3.73. The van der Waals surface area contributed by atoms with Crippen LogP contribution in [0.15, 0.2) is 46.7 Å². The van der Waals surface area contributed by atoms with Crippen LogP contribution in [0.3, 0.4) is 0 Å². The molecule has 4 rings (SSSR count). The molecule has 1 aromatic carbocycles. The van der Waals surface area contributed by atoms with Gasteiger partial charge in [0, 0.05) is 45.9 Å². The number of halogens is 3. The molecule has 0 fully saturated rings. The zero-order valence-electron chi connectivity index (χ0n) is 15.6. The van der Waals surface area contributed by atoms with Gasteiger partial charge in [-0.3, -0.25) is 15.4 Å². The Morgan fingerprint density at radius 2 is 2.21 bits per heavy atom. The average molecular weight is 463 g/mol. The number of nitrogens with one attached hydrogen (secondary N) is 3. The maximum Gasteiger partial charge on any atom is 0.327 e. The Bertz CT molecular complexity index is 977. The summed E-state index contributed by atoms with van der Waals surface area (Å²) in [6.45, 7) is -2.50. The Hall–Kier alpha value is -2.52. The summed E-state index contributed by atoms with van der Waals surface area (Å²) in [6, 6.07) is 7.58. The summed E-state index contributed by atoms with van der Waals surface area (Å²) >= 11 is 3.47. The first kappa shape index (κ1) is 19.8. The number of hydrazine groups is 1. The highest BCUT2D eigenvalue weighted by Crippen LogP contribution is 2.33. The number of nitrogen functional groups attached to an aromatic ring is 1. The third-order valence-corrected chi connectivity index (χ3v) is 5.61. The van der Waals surface area contributed by atoms with Crippen molar-refractivity contribution in [3.8, 4) is 0 Å². The number of rotatable bonds is 5. The van der Waals surface area contributed by atoms with Gasteiger partial charge in [0.15, 0.2) is 0 Å². The molecule has 2 aliphatic rings. The minimum atomic E-state index is -2.66. The number of aryl methyl sites for hydroxylation is 1. The average Bonchev–Trinajstić information content (AvgIpc) is 3.19. The van der Waals surface area contributed by atoms with Gasteiger partial charge in [0.2, 0.25) is 0 Å². The smallest absolute Gasteiger partial charge is 0.327 e. The van der Waals surface area contributed by atoms with E-state index in [2.05, 4.69) is 37.7 Å². The van der Waals surface area contributed by atoms with Gasteiger partial charge in [0.1, 0.15) is 0 Å². The van der Waals surface area contributed by atoms with Crippen LogP contribution in [-0.2, 0) is 6.42 Å². The molecular formula is C20H21BrF2N6. The van der Waals surface area contributed by atoms with Gasteiger partial charge < -0.3 is 11.1 Å². The monoisotopic (exact) mass is 462 g/mol. The fourth-order valence-corrected chi connectivity index (χ4v) is 4.11. The molecular weight excluding hydrogens is 442 g/mol. The maximum absolute atomic E-state index is 12.8. The van der Waals surface area contributed by atoms with Crippen molar-refractivity contribution in [2.24, 2.45) is 0 Å². The molecule has 6 nitrogen and oxygen atoms in total. The largest absolute Gasteiger partial charge is 0.398 e. The highest BCUT2D eigenvalue weighted by atomic mass is 79.9. The van der Waals surface area contributed by atoms with Gasteiger partial charge in [-0.25, -0.2) is 5.43 Å². The number of fused-ring (bicyclic) bond motifs is 1. The summed E-state index contributed by atoms with van der Waals surface area (Å²) in [5.41, 5.74) is 13.2. The van der Waals surface area contributed by atoms with Gasteiger partial charge in [-0.1, -0.05) is 0 Å². The summed E-state index contributed by atoms with van der Waals surface area (Å²) in [7, 11) is 0. The molecule has 1 unspecified atom stereocenters. The predicted molar refractivity (Wildman–Crippen MR) is 113 cm³/mol. The first-order chi connectivity index (χ1) is 13.9. The SMILES string of the molecule is N=C(C1=CN(C(F)F)NC1)c1cc(NC2CCCc3cc(Br)cnc32)ccc1N. The fraction of sp³-hybridized carbons (Fsp3) is 0.300. The number of nitrogens with zero attached hydrogens (tertiary/aromatic N) is 2. The highest BCUT2D eigenvalue weighted by molar-refractivity contribution is 9.10. The van der Waals surface area contributed by atoms with Crippen LogP contribution >= 0.6 is 15.9 Å².